The Morgan fingerprint density at radius 3 is 2.36 bits per heavy atom. The fourth-order valence-electron chi connectivity index (χ4n) is 2.96. The van der Waals surface area contributed by atoms with Crippen molar-refractivity contribution in [2.45, 2.75) is 18.7 Å². The van der Waals surface area contributed by atoms with Crippen LogP contribution in [0.3, 0.4) is 0 Å². The SMILES string of the molecule is CCOc1ccc(S(=O)(=O)N(CC(=O)N/N=C/c2ccccc2O)c2ccc(C)cc2)cc1. The van der Waals surface area contributed by atoms with Crippen LogP contribution in [0, 0.1) is 6.92 Å². The van der Waals surface area contributed by atoms with Gasteiger partial charge in [0.25, 0.3) is 15.9 Å². The Morgan fingerprint density at radius 2 is 1.73 bits per heavy atom. The molecule has 33 heavy (non-hydrogen) atoms. The smallest absolute Gasteiger partial charge is 0.264 e. The highest BCUT2D eigenvalue weighted by Crippen LogP contribution is 2.25. The number of nitrogens with one attached hydrogen (secondary N) is 1. The van der Waals surface area contributed by atoms with E-state index in [1.54, 1.807) is 54.6 Å². The van der Waals surface area contributed by atoms with Gasteiger partial charge in [0.05, 0.1) is 23.4 Å². The summed E-state index contributed by atoms with van der Waals surface area (Å²) in [5.41, 5.74) is 4.02. The predicted molar refractivity (Wildman–Crippen MR) is 127 cm³/mol. The number of hydrazone groups is 1. The fourth-order valence-corrected chi connectivity index (χ4v) is 4.39. The first kappa shape index (κ1) is 23.8. The predicted octanol–water partition coefficient (Wildman–Crippen LogP) is 3.44. The zero-order chi connectivity index (χ0) is 23.8. The van der Waals surface area contributed by atoms with Crippen molar-refractivity contribution in [3.63, 3.8) is 0 Å². The van der Waals surface area contributed by atoms with E-state index >= 15 is 0 Å². The van der Waals surface area contributed by atoms with E-state index in [2.05, 4.69) is 10.5 Å². The van der Waals surface area contributed by atoms with E-state index < -0.39 is 22.5 Å². The summed E-state index contributed by atoms with van der Waals surface area (Å²) in [6.07, 6.45) is 1.28. The molecular weight excluding hydrogens is 442 g/mol. The highest BCUT2D eigenvalue weighted by atomic mass is 32.2. The monoisotopic (exact) mass is 467 g/mol. The molecule has 0 saturated heterocycles. The van der Waals surface area contributed by atoms with Gasteiger partial charge in [-0.15, -0.1) is 0 Å². The number of amides is 1. The molecular formula is C24H25N3O5S. The van der Waals surface area contributed by atoms with Crippen LogP contribution in [0.1, 0.15) is 18.1 Å². The van der Waals surface area contributed by atoms with Gasteiger partial charge >= 0.3 is 0 Å². The number of carbonyl (C=O) groups excluding carboxylic acids is 1. The summed E-state index contributed by atoms with van der Waals surface area (Å²) >= 11 is 0. The second kappa shape index (κ2) is 10.6. The van der Waals surface area contributed by atoms with Crippen molar-refractivity contribution in [2.75, 3.05) is 17.5 Å². The maximum atomic E-state index is 13.4. The number of phenolic OH excluding ortho intramolecular Hbond substituents is 1. The third kappa shape index (κ3) is 6.11. The highest BCUT2D eigenvalue weighted by Gasteiger charge is 2.27. The van der Waals surface area contributed by atoms with Gasteiger partial charge in [0.15, 0.2) is 0 Å². The average Bonchev–Trinajstić information content (AvgIpc) is 2.80. The molecule has 3 aromatic carbocycles. The Morgan fingerprint density at radius 1 is 1.06 bits per heavy atom. The molecule has 0 unspecified atom stereocenters. The van der Waals surface area contributed by atoms with Crippen LogP contribution < -0.4 is 14.5 Å². The van der Waals surface area contributed by atoms with Gasteiger partial charge in [0, 0.05) is 5.56 Å². The van der Waals surface area contributed by atoms with Gasteiger partial charge < -0.3 is 9.84 Å². The molecule has 9 heteroatoms. The summed E-state index contributed by atoms with van der Waals surface area (Å²) in [7, 11) is -4.05. The van der Waals surface area contributed by atoms with Gasteiger partial charge in [-0.3, -0.25) is 9.10 Å². The van der Waals surface area contributed by atoms with Crippen molar-refractivity contribution in [3.8, 4) is 11.5 Å². The Labute approximate surface area is 193 Å². The van der Waals surface area contributed by atoms with E-state index in [4.69, 9.17) is 4.74 Å². The molecule has 172 valence electrons. The normalized spacial score (nSPS) is 11.3. The first-order valence-electron chi connectivity index (χ1n) is 10.2. The topological polar surface area (TPSA) is 108 Å². The number of nitrogens with zero attached hydrogens (tertiary/aromatic N) is 2. The van der Waals surface area contributed by atoms with Gasteiger partial charge in [-0.1, -0.05) is 29.8 Å². The van der Waals surface area contributed by atoms with E-state index in [0.29, 0.717) is 23.6 Å². The maximum Gasteiger partial charge on any atom is 0.264 e. The first-order valence-corrected chi connectivity index (χ1v) is 11.7. The fraction of sp³-hybridized carbons (Fsp3) is 0.167. The number of anilines is 1. The van der Waals surface area contributed by atoms with E-state index in [-0.39, 0.29) is 10.6 Å². The number of aromatic hydroxyl groups is 1. The van der Waals surface area contributed by atoms with E-state index in [1.165, 1.54) is 24.4 Å². The van der Waals surface area contributed by atoms with Gasteiger partial charge in [-0.25, -0.2) is 13.8 Å². The quantitative estimate of drug-likeness (QED) is 0.370. The lowest BCUT2D eigenvalue weighted by Gasteiger charge is -2.24. The van der Waals surface area contributed by atoms with Crippen molar-refractivity contribution in [1.29, 1.82) is 0 Å². The molecule has 0 radical (unpaired) electrons. The van der Waals surface area contributed by atoms with Gasteiger partial charge in [-0.05, 0) is 62.4 Å². The van der Waals surface area contributed by atoms with Crippen LogP contribution in [0.4, 0.5) is 5.69 Å². The Bertz CT molecular complexity index is 1220. The minimum absolute atomic E-state index is 0.00913. The molecule has 3 aromatic rings. The molecule has 0 saturated carbocycles. The molecule has 2 N–H and O–H groups in total. The van der Waals surface area contributed by atoms with Crippen LogP contribution in [0.5, 0.6) is 11.5 Å². The molecule has 0 heterocycles. The molecule has 0 aliphatic carbocycles. The lowest BCUT2D eigenvalue weighted by atomic mass is 10.2. The zero-order valence-electron chi connectivity index (χ0n) is 18.3. The highest BCUT2D eigenvalue weighted by molar-refractivity contribution is 7.92. The van der Waals surface area contributed by atoms with Crippen molar-refractivity contribution in [3.05, 3.63) is 83.9 Å². The number of rotatable bonds is 9. The van der Waals surface area contributed by atoms with Crippen LogP contribution >= 0.6 is 0 Å². The van der Waals surface area contributed by atoms with Crippen LogP contribution in [-0.2, 0) is 14.8 Å². The van der Waals surface area contributed by atoms with Gasteiger partial charge in [-0.2, -0.15) is 5.10 Å². The molecule has 0 atom stereocenters. The van der Waals surface area contributed by atoms with Gasteiger partial charge in [0.1, 0.15) is 18.0 Å². The summed E-state index contributed by atoms with van der Waals surface area (Å²) in [6.45, 7) is 3.69. The van der Waals surface area contributed by atoms with Crippen LogP contribution in [0.25, 0.3) is 0 Å². The molecule has 3 rings (SSSR count). The van der Waals surface area contributed by atoms with Crippen molar-refractivity contribution >= 4 is 27.8 Å². The molecule has 8 nitrogen and oxygen atoms in total. The number of hydrogen-bond acceptors (Lipinski definition) is 6. The van der Waals surface area contributed by atoms with E-state index in [1.807, 2.05) is 13.8 Å². The number of sulfonamides is 1. The molecule has 0 aromatic heterocycles. The first-order chi connectivity index (χ1) is 15.8. The van der Waals surface area contributed by atoms with Crippen molar-refractivity contribution < 1.29 is 23.1 Å². The molecule has 0 spiro atoms. The molecule has 0 aliphatic heterocycles. The number of aryl methyl sites for hydroxylation is 1. The number of para-hydroxylation sites is 1. The summed E-state index contributed by atoms with van der Waals surface area (Å²) in [5.74, 6) is -0.0822. The third-order valence-corrected chi connectivity index (χ3v) is 6.45. The Kier molecular flexibility index (Phi) is 7.68. The Hall–Kier alpha value is -3.85. The minimum atomic E-state index is -4.05. The van der Waals surface area contributed by atoms with Gasteiger partial charge in [0.2, 0.25) is 0 Å². The summed E-state index contributed by atoms with van der Waals surface area (Å²) in [6, 6.07) is 19.3. The third-order valence-electron chi connectivity index (χ3n) is 4.66. The largest absolute Gasteiger partial charge is 0.507 e. The second-order valence-electron chi connectivity index (χ2n) is 7.10. The average molecular weight is 468 g/mol. The molecule has 0 fully saturated rings. The summed E-state index contributed by atoms with van der Waals surface area (Å²) < 4.78 is 33.2. The standard InChI is InChI=1S/C24H25N3O5S/c1-3-32-21-12-14-22(15-13-21)33(30,31)27(20-10-8-18(2)9-11-20)17-24(29)26-25-16-19-6-4-5-7-23(19)28/h4-16,28H,3,17H2,1-2H3,(H,26,29)/b25-16+. The Balaban J connectivity index is 1.84. The molecule has 0 aliphatic rings. The number of benzene rings is 3. The van der Waals surface area contributed by atoms with E-state index in [9.17, 15) is 18.3 Å². The molecule has 1 amide bonds. The number of hydrogen-bond donors (Lipinski definition) is 2. The lowest BCUT2D eigenvalue weighted by Crippen LogP contribution is -2.39. The minimum Gasteiger partial charge on any atom is -0.507 e. The van der Waals surface area contributed by atoms with Crippen LogP contribution in [0.15, 0.2) is 82.8 Å². The number of ether oxygens (including phenoxy) is 1. The van der Waals surface area contributed by atoms with Crippen molar-refractivity contribution in [1.82, 2.24) is 5.43 Å². The van der Waals surface area contributed by atoms with Crippen LogP contribution in [0.2, 0.25) is 0 Å². The second-order valence-corrected chi connectivity index (χ2v) is 8.97. The molecule has 0 bridgehead atoms. The number of carbonyl (C=O) groups is 1. The van der Waals surface area contributed by atoms with Crippen LogP contribution in [-0.4, -0.2) is 38.8 Å². The summed E-state index contributed by atoms with van der Waals surface area (Å²) in [4.78, 5) is 12.6. The summed E-state index contributed by atoms with van der Waals surface area (Å²) in [5, 5.41) is 13.6. The maximum absolute atomic E-state index is 13.4. The van der Waals surface area contributed by atoms with E-state index in [0.717, 1.165) is 9.87 Å². The zero-order valence-corrected chi connectivity index (χ0v) is 19.1. The van der Waals surface area contributed by atoms with Crippen molar-refractivity contribution in [2.24, 2.45) is 5.10 Å². The number of phenols is 1. The lowest BCUT2D eigenvalue weighted by molar-refractivity contribution is -0.119.